The number of nitrogens with zero attached hydrogens (tertiary/aromatic N) is 3. The first-order valence-corrected chi connectivity index (χ1v) is 10.1. The van der Waals surface area contributed by atoms with Crippen LogP contribution in [0.2, 0.25) is 0 Å². The number of piperazine rings is 1. The fourth-order valence-electron chi connectivity index (χ4n) is 4.49. The standard InChI is InChI=1S/C24H27N3O/c1-25-11-13-26(14-12-25)23-17-21(7-8-24(23)28-2)27-10-9-20-15-18-5-3-4-6-19(18)16-22(20)27/h3-8,15-17H,9-14H2,1-2H3. The summed E-state index contributed by atoms with van der Waals surface area (Å²) in [5.74, 6) is 0.964. The Morgan fingerprint density at radius 3 is 2.29 bits per heavy atom. The van der Waals surface area contributed by atoms with Crippen LogP contribution >= 0.6 is 0 Å². The summed E-state index contributed by atoms with van der Waals surface area (Å²) in [6, 6.07) is 20.0. The quantitative estimate of drug-likeness (QED) is 0.681. The van der Waals surface area contributed by atoms with Crippen molar-refractivity contribution in [2.45, 2.75) is 6.42 Å². The molecule has 0 amide bonds. The van der Waals surface area contributed by atoms with E-state index < -0.39 is 0 Å². The summed E-state index contributed by atoms with van der Waals surface area (Å²) in [4.78, 5) is 7.30. The Hall–Kier alpha value is -2.72. The van der Waals surface area contributed by atoms with Gasteiger partial charge in [-0.25, -0.2) is 0 Å². The Bertz CT molecular complexity index is 1010. The van der Waals surface area contributed by atoms with Crippen LogP contribution in [0.5, 0.6) is 5.75 Å². The van der Waals surface area contributed by atoms with Gasteiger partial charge >= 0.3 is 0 Å². The van der Waals surface area contributed by atoms with Gasteiger partial charge in [0.2, 0.25) is 0 Å². The van der Waals surface area contributed by atoms with Gasteiger partial charge < -0.3 is 19.4 Å². The summed E-state index contributed by atoms with van der Waals surface area (Å²) in [5, 5.41) is 2.64. The molecule has 3 aromatic rings. The summed E-state index contributed by atoms with van der Waals surface area (Å²) in [6.45, 7) is 5.28. The molecule has 0 saturated carbocycles. The monoisotopic (exact) mass is 373 g/mol. The lowest BCUT2D eigenvalue weighted by atomic mass is 10.0. The van der Waals surface area contributed by atoms with Crippen LogP contribution < -0.4 is 14.5 Å². The Balaban J connectivity index is 1.53. The smallest absolute Gasteiger partial charge is 0.142 e. The molecule has 0 spiro atoms. The van der Waals surface area contributed by atoms with E-state index in [1.807, 2.05) is 0 Å². The van der Waals surface area contributed by atoms with Gasteiger partial charge in [0.25, 0.3) is 0 Å². The molecule has 0 radical (unpaired) electrons. The second-order valence-corrected chi connectivity index (χ2v) is 7.88. The number of methoxy groups -OCH3 is 1. The van der Waals surface area contributed by atoms with Crippen LogP contribution in [0.3, 0.4) is 0 Å². The van der Waals surface area contributed by atoms with Gasteiger partial charge in [-0.3, -0.25) is 0 Å². The van der Waals surface area contributed by atoms with Crippen LogP contribution in [0.1, 0.15) is 5.56 Å². The van der Waals surface area contributed by atoms with Crippen LogP contribution in [0.4, 0.5) is 17.1 Å². The Labute approximate surface area is 166 Å². The molecular weight excluding hydrogens is 346 g/mol. The molecule has 2 heterocycles. The molecule has 4 heteroatoms. The number of rotatable bonds is 3. The molecule has 0 aromatic heterocycles. The molecule has 3 aromatic carbocycles. The van der Waals surface area contributed by atoms with E-state index in [4.69, 9.17) is 4.74 Å². The molecule has 0 aliphatic carbocycles. The molecule has 0 atom stereocenters. The van der Waals surface area contributed by atoms with Crippen molar-refractivity contribution < 1.29 is 4.74 Å². The highest BCUT2D eigenvalue weighted by molar-refractivity contribution is 5.90. The normalized spacial score (nSPS) is 17.2. The van der Waals surface area contributed by atoms with E-state index >= 15 is 0 Å². The fraction of sp³-hybridized carbons (Fsp3) is 0.333. The number of hydrogen-bond acceptors (Lipinski definition) is 4. The van der Waals surface area contributed by atoms with Crippen LogP contribution in [-0.4, -0.2) is 51.8 Å². The van der Waals surface area contributed by atoms with Crippen molar-refractivity contribution in [3.8, 4) is 5.75 Å². The Morgan fingerprint density at radius 2 is 1.54 bits per heavy atom. The van der Waals surface area contributed by atoms with Crippen LogP contribution in [0.15, 0.2) is 54.6 Å². The molecule has 5 rings (SSSR count). The summed E-state index contributed by atoms with van der Waals surface area (Å²) in [7, 11) is 3.96. The zero-order valence-corrected chi connectivity index (χ0v) is 16.7. The van der Waals surface area contributed by atoms with Crippen molar-refractivity contribution in [1.82, 2.24) is 4.90 Å². The molecule has 0 N–H and O–H groups in total. The third-order valence-electron chi connectivity index (χ3n) is 6.16. The van der Waals surface area contributed by atoms with Gasteiger partial charge in [0.15, 0.2) is 0 Å². The number of likely N-dealkylation sites (N-methyl/N-ethyl adjacent to an activating group) is 1. The number of hydrogen-bond donors (Lipinski definition) is 0. The lowest BCUT2D eigenvalue weighted by molar-refractivity contribution is 0.311. The Kier molecular flexibility index (Phi) is 4.36. The van der Waals surface area contributed by atoms with Crippen molar-refractivity contribution in [2.24, 2.45) is 0 Å². The van der Waals surface area contributed by atoms with Gasteiger partial charge in [0.1, 0.15) is 5.75 Å². The number of ether oxygens (including phenoxy) is 1. The molecule has 2 aliphatic heterocycles. The molecule has 1 saturated heterocycles. The second kappa shape index (κ2) is 7.02. The van der Waals surface area contributed by atoms with Crippen molar-refractivity contribution in [3.63, 3.8) is 0 Å². The van der Waals surface area contributed by atoms with E-state index in [9.17, 15) is 0 Å². The minimum absolute atomic E-state index is 0.964. The van der Waals surface area contributed by atoms with E-state index in [0.717, 1.165) is 44.9 Å². The predicted molar refractivity (Wildman–Crippen MR) is 117 cm³/mol. The molecule has 4 nitrogen and oxygen atoms in total. The van der Waals surface area contributed by atoms with E-state index in [2.05, 4.69) is 76.3 Å². The fourth-order valence-corrected chi connectivity index (χ4v) is 4.49. The summed E-state index contributed by atoms with van der Waals surface area (Å²) >= 11 is 0. The molecule has 1 fully saturated rings. The minimum atomic E-state index is 0.964. The van der Waals surface area contributed by atoms with E-state index in [1.54, 1.807) is 7.11 Å². The SMILES string of the molecule is COc1ccc(N2CCc3cc4ccccc4cc32)cc1N1CCN(C)CC1. The highest BCUT2D eigenvalue weighted by Crippen LogP contribution is 2.40. The topological polar surface area (TPSA) is 19.0 Å². The maximum absolute atomic E-state index is 5.70. The highest BCUT2D eigenvalue weighted by atomic mass is 16.5. The van der Waals surface area contributed by atoms with E-state index in [0.29, 0.717) is 0 Å². The van der Waals surface area contributed by atoms with E-state index in [1.165, 1.54) is 33.4 Å². The van der Waals surface area contributed by atoms with Crippen LogP contribution in [0, 0.1) is 0 Å². The average molecular weight is 374 g/mol. The zero-order valence-electron chi connectivity index (χ0n) is 16.7. The Morgan fingerprint density at radius 1 is 0.786 bits per heavy atom. The lowest BCUT2D eigenvalue weighted by Gasteiger charge is -2.35. The van der Waals surface area contributed by atoms with E-state index in [-0.39, 0.29) is 0 Å². The van der Waals surface area contributed by atoms with Gasteiger partial charge in [0.05, 0.1) is 12.8 Å². The highest BCUT2D eigenvalue weighted by Gasteiger charge is 2.24. The molecular formula is C24H27N3O. The number of fused-ring (bicyclic) bond motifs is 2. The number of anilines is 3. The van der Waals surface area contributed by atoms with Crippen molar-refractivity contribution in [1.29, 1.82) is 0 Å². The summed E-state index contributed by atoms with van der Waals surface area (Å²) in [5.41, 5.74) is 5.25. The van der Waals surface area contributed by atoms with Crippen LogP contribution in [-0.2, 0) is 6.42 Å². The zero-order chi connectivity index (χ0) is 19.1. The molecule has 144 valence electrons. The van der Waals surface area contributed by atoms with Gasteiger partial charge in [-0.2, -0.15) is 0 Å². The third-order valence-corrected chi connectivity index (χ3v) is 6.16. The maximum atomic E-state index is 5.70. The van der Waals surface area contributed by atoms with Crippen LogP contribution in [0.25, 0.3) is 10.8 Å². The van der Waals surface area contributed by atoms with Gasteiger partial charge in [0, 0.05) is 44.1 Å². The second-order valence-electron chi connectivity index (χ2n) is 7.88. The number of benzene rings is 3. The predicted octanol–water partition coefficient (Wildman–Crippen LogP) is 4.29. The van der Waals surface area contributed by atoms with Crippen molar-refractivity contribution in [2.75, 3.05) is 56.7 Å². The minimum Gasteiger partial charge on any atom is -0.495 e. The summed E-state index contributed by atoms with van der Waals surface area (Å²) < 4.78 is 5.70. The van der Waals surface area contributed by atoms with Crippen molar-refractivity contribution >= 4 is 27.8 Å². The molecule has 0 bridgehead atoms. The van der Waals surface area contributed by atoms with Gasteiger partial charge in [-0.05, 0) is 60.1 Å². The molecule has 28 heavy (non-hydrogen) atoms. The third kappa shape index (κ3) is 2.98. The first-order valence-electron chi connectivity index (χ1n) is 10.1. The maximum Gasteiger partial charge on any atom is 0.142 e. The van der Waals surface area contributed by atoms with Gasteiger partial charge in [-0.1, -0.05) is 24.3 Å². The lowest BCUT2D eigenvalue weighted by Crippen LogP contribution is -2.44. The summed E-state index contributed by atoms with van der Waals surface area (Å²) in [6.07, 6.45) is 1.09. The molecule has 2 aliphatic rings. The van der Waals surface area contributed by atoms with Gasteiger partial charge in [-0.15, -0.1) is 0 Å². The first-order chi connectivity index (χ1) is 13.7. The van der Waals surface area contributed by atoms with Crippen molar-refractivity contribution in [3.05, 3.63) is 60.2 Å². The average Bonchev–Trinajstić information content (AvgIpc) is 3.15. The largest absolute Gasteiger partial charge is 0.495 e. The molecule has 0 unspecified atom stereocenters. The first kappa shape index (κ1) is 17.4.